The predicted octanol–water partition coefficient (Wildman–Crippen LogP) is 3.23. The van der Waals surface area contributed by atoms with Crippen molar-refractivity contribution in [3.05, 3.63) is 59.1 Å². The van der Waals surface area contributed by atoms with Gasteiger partial charge in [-0.3, -0.25) is 9.59 Å². The number of carboxylic acids is 1. The van der Waals surface area contributed by atoms with Gasteiger partial charge in [0.1, 0.15) is 11.5 Å². The molecule has 0 spiro atoms. The molecule has 0 aliphatic rings. The molecule has 1 amide bonds. The summed E-state index contributed by atoms with van der Waals surface area (Å²) in [4.78, 5) is 23.7. The zero-order valence-electron chi connectivity index (χ0n) is 14.5. The third kappa shape index (κ3) is 5.13. The normalized spacial score (nSPS) is 12.7. The van der Waals surface area contributed by atoms with Gasteiger partial charge in [0.2, 0.25) is 0 Å². The fraction of sp³-hybridized carbons (Fsp3) is 0.263. The first-order valence-corrected chi connectivity index (χ1v) is 8.26. The van der Waals surface area contributed by atoms with Crippen LogP contribution in [0.5, 0.6) is 11.5 Å². The van der Waals surface area contributed by atoms with Crippen molar-refractivity contribution in [3.8, 4) is 11.5 Å². The van der Waals surface area contributed by atoms with Gasteiger partial charge >= 0.3 is 5.97 Å². The van der Waals surface area contributed by atoms with Gasteiger partial charge < -0.3 is 19.9 Å². The van der Waals surface area contributed by atoms with Gasteiger partial charge in [0.25, 0.3) is 5.91 Å². The van der Waals surface area contributed by atoms with E-state index in [-0.39, 0.29) is 13.0 Å². The Morgan fingerprint density at radius 3 is 2.58 bits per heavy atom. The summed E-state index contributed by atoms with van der Waals surface area (Å²) < 4.78 is 10.6. The summed E-state index contributed by atoms with van der Waals surface area (Å²) in [5.41, 5.74) is -0.508. The van der Waals surface area contributed by atoms with Crippen LogP contribution in [0.15, 0.2) is 48.5 Å². The van der Waals surface area contributed by atoms with Crippen molar-refractivity contribution in [1.82, 2.24) is 5.32 Å². The van der Waals surface area contributed by atoms with Crippen molar-refractivity contribution >= 4 is 23.5 Å². The maximum Gasteiger partial charge on any atom is 0.306 e. The Bertz CT molecular complexity index is 795. The molecular formula is C19H20ClNO5. The molecule has 26 heavy (non-hydrogen) atoms. The highest BCUT2D eigenvalue weighted by Crippen LogP contribution is 2.28. The number of nitrogens with one attached hydrogen (secondary N) is 1. The molecule has 0 radical (unpaired) electrons. The smallest absolute Gasteiger partial charge is 0.306 e. The molecule has 0 aromatic heterocycles. The zero-order chi connectivity index (χ0) is 19.2. The summed E-state index contributed by atoms with van der Waals surface area (Å²) in [6, 6.07) is 13.7. The van der Waals surface area contributed by atoms with Crippen molar-refractivity contribution in [2.75, 3.05) is 13.7 Å². The fourth-order valence-corrected chi connectivity index (χ4v) is 2.73. The number of benzene rings is 2. The lowest BCUT2D eigenvalue weighted by atomic mass is 9.88. The lowest BCUT2D eigenvalue weighted by Gasteiger charge is -2.30. The number of carbonyl (C=O) groups excluding carboxylic acids is 1. The van der Waals surface area contributed by atoms with Gasteiger partial charge in [0.05, 0.1) is 24.1 Å². The van der Waals surface area contributed by atoms with Gasteiger partial charge in [-0.05, 0) is 36.8 Å². The zero-order valence-corrected chi connectivity index (χ0v) is 15.2. The molecule has 0 saturated carbocycles. The molecule has 0 aliphatic carbocycles. The van der Waals surface area contributed by atoms with E-state index in [1.165, 1.54) is 7.11 Å². The molecule has 0 saturated heterocycles. The monoisotopic (exact) mass is 377 g/mol. The van der Waals surface area contributed by atoms with Crippen molar-refractivity contribution < 1.29 is 24.2 Å². The van der Waals surface area contributed by atoms with Crippen molar-refractivity contribution in [2.45, 2.75) is 18.9 Å². The van der Waals surface area contributed by atoms with E-state index >= 15 is 0 Å². The van der Waals surface area contributed by atoms with Crippen LogP contribution in [0.2, 0.25) is 5.02 Å². The minimum Gasteiger partial charge on any atom is -0.497 e. The summed E-state index contributed by atoms with van der Waals surface area (Å²) in [5.74, 6) is -0.551. The SMILES string of the molecule is COc1cccc(C(C)(CC(=O)O)NC(=O)COc2ccccc2Cl)c1. The average Bonchev–Trinajstić information content (AvgIpc) is 2.60. The molecule has 6 nitrogen and oxygen atoms in total. The number of methoxy groups -OCH3 is 1. The Kier molecular flexibility index (Phi) is 6.46. The number of rotatable bonds is 8. The molecule has 2 rings (SSSR count). The van der Waals surface area contributed by atoms with Crippen LogP contribution in [0, 0.1) is 0 Å². The van der Waals surface area contributed by atoms with Crippen molar-refractivity contribution in [3.63, 3.8) is 0 Å². The standard InChI is InChI=1S/C19H20ClNO5/c1-19(11-18(23)24,13-6-5-7-14(10-13)25-2)21-17(22)12-26-16-9-4-3-8-15(16)20/h3-10H,11-12H2,1-2H3,(H,21,22)(H,23,24). The largest absolute Gasteiger partial charge is 0.497 e. The lowest BCUT2D eigenvalue weighted by Crippen LogP contribution is -2.46. The second kappa shape index (κ2) is 8.58. The average molecular weight is 378 g/mol. The Balaban J connectivity index is 2.14. The third-order valence-corrected chi connectivity index (χ3v) is 4.13. The number of amides is 1. The highest BCUT2D eigenvalue weighted by Gasteiger charge is 2.32. The van der Waals surface area contributed by atoms with Crippen molar-refractivity contribution in [1.29, 1.82) is 0 Å². The summed E-state index contributed by atoms with van der Waals surface area (Å²) in [6.07, 6.45) is -0.294. The Morgan fingerprint density at radius 1 is 1.19 bits per heavy atom. The molecule has 0 aliphatic heterocycles. The van der Waals surface area contributed by atoms with Crippen LogP contribution in [0.3, 0.4) is 0 Å². The number of carbonyl (C=O) groups is 2. The molecule has 2 N–H and O–H groups in total. The molecule has 2 aromatic carbocycles. The molecule has 1 unspecified atom stereocenters. The Morgan fingerprint density at radius 2 is 1.92 bits per heavy atom. The molecule has 138 valence electrons. The van der Waals surface area contributed by atoms with E-state index < -0.39 is 17.4 Å². The van der Waals surface area contributed by atoms with E-state index in [2.05, 4.69) is 5.32 Å². The summed E-state index contributed by atoms with van der Waals surface area (Å²) in [5, 5.41) is 12.4. The molecule has 0 fully saturated rings. The first-order valence-electron chi connectivity index (χ1n) is 7.89. The van der Waals surface area contributed by atoms with Gasteiger partial charge in [-0.1, -0.05) is 35.9 Å². The van der Waals surface area contributed by atoms with E-state index in [0.29, 0.717) is 22.1 Å². The van der Waals surface area contributed by atoms with E-state index in [0.717, 1.165) is 0 Å². The second-order valence-corrected chi connectivity index (χ2v) is 6.31. The van der Waals surface area contributed by atoms with E-state index in [1.54, 1.807) is 55.5 Å². The van der Waals surface area contributed by atoms with Gasteiger partial charge in [0, 0.05) is 0 Å². The van der Waals surface area contributed by atoms with Crippen LogP contribution >= 0.6 is 11.6 Å². The number of aliphatic carboxylic acids is 1. The Labute approximate surface area is 156 Å². The second-order valence-electron chi connectivity index (χ2n) is 5.90. The number of carboxylic acid groups (broad SMARTS) is 1. The number of ether oxygens (including phenoxy) is 2. The van der Waals surface area contributed by atoms with Crippen LogP contribution in [0.4, 0.5) is 0 Å². The summed E-state index contributed by atoms with van der Waals surface area (Å²) in [6.45, 7) is 1.35. The first-order chi connectivity index (χ1) is 12.3. The molecule has 0 bridgehead atoms. The first kappa shape index (κ1) is 19.6. The molecule has 7 heteroatoms. The Hall–Kier alpha value is -2.73. The topological polar surface area (TPSA) is 84.9 Å². The van der Waals surface area contributed by atoms with Crippen LogP contribution in [-0.4, -0.2) is 30.7 Å². The van der Waals surface area contributed by atoms with Crippen molar-refractivity contribution in [2.24, 2.45) is 0 Å². The number of hydrogen-bond acceptors (Lipinski definition) is 4. The highest BCUT2D eigenvalue weighted by molar-refractivity contribution is 6.32. The molecule has 0 heterocycles. The lowest BCUT2D eigenvalue weighted by molar-refractivity contribution is -0.139. The highest BCUT2D eigenvalue weighted by atomic mass is 35.5. The minimum atomic E-state index is -1.12. The molecule has 1 atom stereocenters. The predicted molar refractivity (Wildman–Crippen MR) is 97.7 cm³/mol. The van der Waals surface area contributed by atoms with Gasteiger partial charge in [-0.25, -0.2) is 0 Å². The number of halogens is 1. The van der Waals surface area contributed by atoms with E-state index in [4.69, 9.17) is 21.1 Å². The molecule has 2 aromatic rings. The minimum absolute atomic E-state index is 0.289. The number of hydrogen-bond donors (Lipinski definition) is 2. The maximum atomic E-state index is 12.3. The third-order valence-electron chi connectivity index (χ3n) is 3.82. The van der Waals surface area contributed by atoms with Crippen LogP contribution in [0.25, 0.3) is 0 Å². The van der Waals surface area contributed by atoms with Crippen LogP contribution in [-0.2, 0) is 15.1 Å². The number of para-hydroxylation sites is 1. The van der Waals surface area contributed by atoms with Crippen LogP contribution in [0.1, 0.15) is 18.9 Å². The van der Waals surface area contributed by atoms with Gasteiger partial charge in [0.15, 0.2) is 6.61 Å². The molecular weight excluding hydrogens is 358 g/mol. The van der Waals surface area contributed by atoms with Gasteiger partial charge in [-0.2, -0.15) is 0 Å². The van der Waals surface area contributed by atoms with Crippen LogP contribution < -0.4 is 14.8 Å². The maximum absolute atomic E-state index is 12.3. The fourth-order valence-electron chi connectivity index (χ4n) is 2.54. The van der Waals surface area contributed by atoms with E-state index in [1.807, 2.05) is 0 Å². The van der Waals surface area contributed by atoms with Gasteiger partial charge in [-0.15, -0.1) is 0 Å². The summed E-state index contributed by atoms with van der Waals surface area (Å²) >= 11 is 5.99. The quantitative estimate of drug-likeness (QED) is 0.737. The van der Waals surface area contributed by atoms with E-state index in [9.17, 15) is 14.7 Å². The summed E-state index contributed by atoms with van der Waals surface area (Å²) in [7, 11) is 1.52.